The molecule has 0 aliphatic carbocycles. The number of carbonyl (C=O) groups excluding carboxylic acids is 2. The van der Waals surface area contributed by atoms with Gasteiger partial charge in [0.1, 0.15) is 29.9 Å². The molecule has 38 heavy (non-hydrogen) atoms. The summed E-state index contributed by atoms with van der Waals surface area (Å²) in [4.78, 5) is 27.5. The van der Waals surface area contributed by atoms with Gasteiger partial charge in [0.15, 0.2) is 0 Å². The number of rotatable bonds is 11. The van der Waals surface area contributed by atoms with Crippen LogP contribution in [0.15, 0.2) is 78.9 Å². The van der Waals surface area contributed by atoms with Gasteiger partial charge < -0.3 is 15.0 Å². The average Bonchev–Trinajstić information content (AvgIpc) is 2.86. The zero-order chi connectivity index (χ0) is 27.9. The highest BCUT2D eigenvalue weighted by Crippen LogP contribution is 2.26. The van der Waals surface area contributed by atoms with Gasteiger partial charge in [0.2, 0.25) is 21.8 Å². The Kier molecular flexibility index (Phi) is 9.46. The summed E-state index contributed by atoms with van der Waals surface area (Å²) in [6, 6.07) is 20.1. The predicted molar refractivity (Wildman–Crippen MR) is 145 cm³/mol. The molecule has 0 saturated carbocycles. The van der Waals surface area contributed by atoms with E-state index in [0.717, 1.165) is 10.6 Å². The molecule has 0 saturated heterocycles. The molecule has 0 bridgehead atoms. The second-order valence-corrected chi connectivity index (χ2v) is 11.0. The first-order valence-corrected chi connectivity index (χ1v) is 13.9. The quantitative estimate of drug-likeness (QED) is 0.390. The van der Waals surface area contributed by atoms with Crippen molar-refractivity contribution < 1.29 is 27.1 Å². The number of anilines is 1. The first kappa shape index (κ1) is 28.6. The van der Waals surface area contributed by atoms with E-state index in [1.165, 1.54) is 42.2 Å². The minimum absolute atomic E-state index is 0.181. The normalized spacial score (nSPS) is 12.1. The van der Waals surface area contributed by atoms with Crippen molar-refractivity contribution in [2.45, 2.75) is 39.4 Å². The van der Waals surface area contributed by atoms with Crippen molar-refractivity contribution in [3.8, 4) is 11.5 Å². The first-order valence-electron chi connectivity index (χ1n) is 12.1. The van der Waals surface area contributed by atoms with Gasteiger partial charge in [-0.1, -0.05) is 36.4 Å². The zero-order valence-electron chi connectivity index (χ0n) is 21.8. The van der Waals surface area contributed by atoms with E-state index in [-0.39, 0.29) is 23.8 Å². The van der Waals surface area contributed by atoms with Crippen molar-refractivity contribution in [3.05, 3.63) is 90.2 Å². The average molecular weight is 542 g/mol. The third kappa shape index (κ3) is 7.79. The lowest BCUT2D eigenvalue weighted by molar-refractivity contribution is -0.139. The molecule has 0 unspecified atom stereocenters. The summed E-state index contributed by atoms with van der Waals surface area (Å²) in [5, 5.41) is 2.75. The van der Waals surface area contributed by atoms with Gasteiger partial charge in [-0.3, -0.25) is 13.9 Å². The number of ether oxygens (including phenoxy) is 1. The van der Waals surface area contributed by atoms with Gasteiger partial charge in [0.25, 0.3) is 0 Å². The maximum atomic E-state index is 14.4. The van der Waals surface area contributed by atoms with Crippen molar-refractivity contribution in [3.63, 3.8) is 0 Å². The number of sulfonamides is 1. The summed E-state index contributed by atoms with van der Waals surface area (Å²) < 4.78 is 46.6. The Morgan fingerprint density at radius 2 is 1.47 bits per heavy atom. The monoisotopic (exact) mass is 541 g/mol. The lowest BCUT2D eigenvalue weighted by Crippen LogP contribution is -2.52. The highest BCUT2D eigenvalue weighted by atomic mass is 32.2. The van der Waals surface area contributed by atoms with Crippen molar-refractivity contribution in [1.29, 1.82) is 0 Å². The van der Waals surface area contributed by atoms with Crippen LogP contribution in [-0.2, 0) is 26.2 Å². The largest absolute Gasteiger partial charge is 0.457 e. The third-order valence-corrected chi connectivity index (χ3v) is 6.82. The molecule has 10 heteroatoms. The molecule has 1 atom stereocenters. The second kappa shape index (κ2) is 12.6. The fourth-order valence-electron chi connectivity index (χ4n) is 3.72. The van der Waals surface area contributed by atoms with Crippen LogP contribution < -0.4 is 14.4 Å². The van der Waals surface area contributed by atoms with E-state index in [9.17, 15) is 22.4 Å². The summed E-state index contributed by atoms with van der Waals surface area (Å²) in [5.74, 6) is -0.517. The molecule has 0 aliphatic heterocycles. The van der Waals surface area contributed by atoms with E-state index in [4.69, 9.17) is 4.74 Å². The molecular weight excluding hydrogens is 509 g/mol. The van der Waals surface area contributed by atoms with E-state index in [1.807, 2.05) is 18.2 Å². The fourth-order valence-corrected chi connectivity index (χ4v) is 4.57. The Morgan fingerprint density at radius 1 is 0.895 bits per heavy atom. The molecule has 3 rings (SSSR count). The van der Waals surface area contributed by atoms with E-state index >= 15 is 0 Å². The van der Waals surface area contributed by atoms with E-state index in [2.05, 4.69) is 5.32 Å². The van der Waals surface area contributed by atoms with Crippen molar-refractivity contribution in [1.82, 2.24) is 10.2 Å². The topological polar surface area (TPSA) is 96.0 Å². The van der Waals surface area contributed by atoms with Crippen LogP contribution in [-0.4, -0.2) is 50.0 Å². The van der Waals surface area contributed by atoms with Gasteiger partial charge >= 0.3 is 0 Å². The second-order valence-electron chi connectivity index (χ2n) is 9.13. The van der Waals surface area contributed by atoms with Gasteiger partial charge in [-0.25, -0.2) is 12.8 Å². The summed E-state index contributed by atoms with van der Waals surface area (Å²) in [6.45, 7) is 4.30. The number of amides is 2. The predicted octanol–water partition coefficient (Wildman–Crippen LogP) is 4.33. The minimum atomic E-state index is -3.89. The number of para-hydroxylation sites is 1. The standard InChI is InChI=1S/C28H32FN3O5S/c1-20(2)30-28(34)21(3)31(18-22-10-8-9-13-26(22)29)27(33)19-32(38(4,35)36)23-14-16-25(17-15-23)37-24-11-6-5-7-12-24/h5-17,20-21H,18-19H2,1-4H3,(H,30,34)/t21-/m0/s1. The molecule has 8 nitrogen and oxygen atoms in total. The maximum Gasteiger partial charge on any atom is 0.244 e. The van der Waals surface area contributed by atoms with Gasteiger partial charge in [-0.15, -0.1) is 0 Å². The molecule has 0 radical (unpaired) electrons. The minimum Gasteiger partial charge on any atom is -0.457 e. The molecule has 3 aromatic rings. The molecule has 0 fully saturated rings. The number of hydrogen-bond acceptors (Lipinski definition) is 5. The van der Waals surface area contributed by atoms with Crippen LogP contribution in [0.1, 0.15) is 26.3 Å². The highest BCUT2D eigenvalue weighted by molar-refractivity contribution is 7.92. The molecule has 3 aromatic carbocycles. The number of nitrogens with one attached hydrogen (secondary N) is 1. The van der Waals surface area contributed by atoms with Crippen molar-refractivity contribution >= 4 is 27.5 Å². The maximum absolute atomic E-state index is 14.4. The van der Waals surface area contributed by atoms with Crippen molar-refractivity contribution in [2.24, 2.45) is 0 Å². The Labute approximate surface area is 223 Å². The van der Waals surface area contributed by atoms with E-state index < -0.39 is 40.2 Å². The van der Waals surface area contributed by atoms with Crippen LogP contribution in [0.3, 0.4) is 0 Å². The summed E-state index contributed by atoms with van der Waals surface area (Å²) in [6.07, 6.45) is 0.991. The van der Waals surface area contributed by atoms with Crippen molar-refractivity contribution in [2.75, 3.05) is 17.1 Å². The Bertz CT molecular complexity index is 1350. The fraction of sp³-hybridized carbons (Fsp3) is 0.286. The van der Waals surface area contributed by atoms with Crippen LogP contribution in [0.4, 0.5) is 10.1 Å². The van der Waals surface area contributed by atoms with Gasteiger partial charge in [0.05, 0.1) is 11.9 Å². The number of nitrogens with zero attached hydrogens (tertiary/aromatic N) is 2. The molecule has 2 amide bonds. The van der Waals surface area contributed by atoms with E-state index in [1.54, 1.807) is 44.2 Å². The lowest BCUT2D eigenvalue weighted by atomic mass is 10.1. The molecule has 1 N–H and O–H groups in total. The van der Waals surface area contributed by atoms with Gasteiger partial charge in [-0.2, -0.15) is 0 Å². The van der Waals surface area contributed by atoms with Crippen LogP contribution in [0, 0.1) is 5.82 Å². The number of hydrogen-bond donors (Lipinski definition) is 1. The Morgan fingerprint density at radius 3 is 2.05 bits per heavy atom. The van der Waals surface area contributed by atoms with Crippen LogP contribution >= 0.6 is 0 Å². The highest BCUT2D eigenvalue weighted by Gasteiger charge is 2.30. The zero-order valence-corrected chi connectivity index (χ0v) is 22.6. The smallest absolute Gasteiger partial charge is 0.244 e. The summed E-state index contributed by atoms with van der Waals surface area (Å²) in [7, 11) is -3.89. The number of benzene rings is 3. The number of carbonyl (C=O) groups is 2. The molecule has 0 aromatic heterocycles. The summed E-state index contributed by atoms with van der Waals surface area (Å²) >= 11 is 0. The van der Waals surface area contributed by atoms with Crippen LogP contribution in [0.2, 0.25) is 0 Å². The number of halogens is 1. The Hall–Kier alpha value is -3.92. The molecule has 0 heterocycles. The van der Waals surface area contributed by atoms with E-state index in [0.29, 0.717) is 11.5 Å². The lowest BCUT2D eigenvalue weighted by Gasteiger charge is -2.32. The first-order chi connectivity index (χ1) is 18.0. The van der Waals surface area contributed by atoms with Gasteiger partial charge in [0, 0.05) is 18.2 Å². The molecule has 0 aliphatic rings. The van der Waals surface area contributed by atoms with Crippen LogP contribution in [0.25, 0.3) is 0 Å². The third-order valence-electron chi connectivity index (χ3n) is 5.68. The molecule has 202 valence electrons. The molecular formula is C28H32FN3O5S. The van der Waals surface area contributed by atoms with Gasteiger partial charge in [-0.05, 0) is 63.2 Å². The molecule has 0 spiro atoms. The van der Waals surface area contributed by atoms with Crippen LogP contribution in [0.5, 0.6) is 11.5 Å². The Balaban J connectivity index is 1.87. The summed E-state index contributed by atoms with van der Waals surface area (Å²) in [5.41, 5.74) is 0.449. The SMILES string of the molecule is CC(C)NC(=O)[C@H](C)N(Cc1ccccc1F)C(=O)CN(c1ccc(Oc2ccccc2)cc1)S(C)(=O)=O.